The third-order valence-electron chi connectivity index (χ3n) is 4.72. The third kappa shape index (κ3) is 3.64. The Labute approximate surface area is 168 Å². The fraction of sp³-hybridized carbons (Fsp3) is 0. The maximum atomic E-state index is 14.7. The highest BCUT2D eigenvalue weighted by atomic mass is 19.1. The van der Waals surface area contributed by atoms with Crippen molar-refractivity contribution in [2.45, 2.75) is 0 Å². The van der Waals surface area contributed by atoms with E-state index in [4.69, 9.17) is 0 Å². The minimum atomic E-state index is -0.994. The molecule has 1 N–H and O–H groups in total. The quantitative estimate of drug-likeness (QED) is 0.356. The second kappa shape index (κ2) is 7.63. The molecule has 4 rings (SSSR count). The Kier molecular flexibility index (Phi) is 4.99. The molecule has 150 valence electrons. The molecule has 0 aromatic heterocycles. The molecule has 0 unspecified atom stereocenters. The van der Waals surface area contributed by atoms with Gasteiger partial charge in [0.05, 0.1) is 5.56 Å². The van der Waals surface area contributed by atoms with Gasteiger partial charge in [-0.1, -0.05) is 24.3 Å². The van der Waals surface area contributed by atoms with E-state index in [1.54, 1.807) is 0 Å². The smallest absolute Gasteiger partial charge is 0.134 e. The normalized spacial score (nSPS) is 11.0. The van der Waals surface area contributed by atoms with Crippen LogP contribution in [0.4, 0.5) is 22.0 Å². The summed E-state index contributed by atoms with van der Waals surface area (Å²) in [5.41, 5.74) is -0.0693. The second-order valence-corrected chi connectivity index (χ2v) is 6.68. The average molecular weight is 412 g/mol. The second-order valence-electron chi connectivity index (χ2n) is 6.68. The zero-order valence-corrected chi connectivity index (χ0v) is 15.3. The van der Waals surface area contributed by atoms with Crippen LogP contribution in [0.3, 0.4) is 0 Å². The summed E-state index contributed by atoms with van der Waals surface area (Å²) in [5.74, 6) is -4.34. The van der Waals surface area contributed by atoms with Crippen LogP contribution >= 0.6 is 0 Å². The van der Waals surface area contributed by atoms with Gasteiger partial charge in [-0.2, -0.15) is 0 Å². The lowest BCUT2D eigenvalue weighted by Gasteiger charge is -2.11. The fourth-order valence-corrected chi connectivity index (χ4v) is 3.28. The van der Waals surface area contributed by atoms with Gasteiger partial charge in [-0.05, 0) is 59.2 Å². The molecule has 0 radical (unpaired) electrons. The lowest BCUT2D eigenvalue weighted by Crippen LogP contribution is -1.95. The number of halogens is 5. The Bertz CT molecular complexity index is 1230. The van der Waals surface area contributed by atoms with Crippen LogP contribution in [0.15, 0.2) is 72.8 Å². The summed E-state index contributed by atoms with van der Waals surface area (Å²) in [4.78, 5) is 0. The van der Waals surface area contributed by atoms with Crippen LogP contribution in [0.1, 0.15) is 0 Å². The lowest BCUT2D eigenvalue weighted by atomic mass is 9.96. The number of phenolic OH excluding ortho intramolecular Hbond substituents is 1. The van der Waals surface area contributed by atoms with Crippen LogP contribution in [-0.2, 0) is 0 Å². The molecular weight excluding hydrogens is 399 g/mol. The Balaban J connectivity index is 1.75. The summed E-state index contributed by atoms with van der Waals surface area (Å²) in [6, 6.07) is 14.0. The monoisotopic (exact) mass is 412 g/mol. The van der Waals surface area contributed by atoms with Gasteiger partial charge in [0, 0.05) is 17.2 Å². The van der Waals surface area contributed by atoms with Crippen molar-refractivity contribution in [3.63, 3.8) is 0 Å². The Morgan fingerprint density at radius 2 is 0.967 bits per heavy atom. The van der Waals surface area contributed by atoms with E-state index in [1.807, 2.05) is 0 Å². The van der Waals surface area contributed by atoms with Gasteiger partial charge in [0.15, 0.2) is 0 Å². The zero-order valence-electron chi connectivity index (χ0n) is 15.3. The van der Waals surface area contributed by atoms with Crippen molar-refractivity contribution in [2.75, 3.05) is 0 Å². The summed E-state index contributed by atoms with van der Waals surface area (Å²) >= 11 is 0. The van der Waals surface area contributed by atoms with Crippen LogP contribution < -0.4 is 0 Å². The van der Waals surface area contributed by atoms with Gasteiger partial charge in [0.25, 0.3) is 0 Å². The highest BCUT2D eigenvalue weighted by molar-refractivity contribution is 5.75. The molecule has 1 nitrogen and oxygen atoms in total. The van der Waals surface area contributed by atoms with E-state index in [-0.39, 0.29) is 28.0 Å². The van der Waals surface area contributed by atoms with E-state index in [2.05, 4.69) is 0 Å². The minimum absolute atomic E-state index is 0.0360. The first-order valence-electron chi connectivity index (χ1n) is 8.87. The van der Waals surface area contributed by atoms with E-state index < -0.39 is 34.6 Å². The van der Waals surface area contributed by atoms with Crippen LogP contribution in [0, 0.1) is 29.1 Å². The van der Waals surface area contributed by atoms with Gasteiger partial charge in [-0.25, -0.2) is 22.0 Å². The van der Waals surface area contributed by atoms with Gasteiger partial charge in [-0.15, -0.1) is 0 Å². The summed E-state index contributed by atoms with van der Waals surface area (Å²) in [6.45, 7) is 0. The van der Waals surface area contributed by atoms with Crippen molar-refractivity contribution < 1.29 is 27.1 Å². The van der Waals surface area contributed by atoms with Crippen LogP contribution in [0.5, 0.6) is 5.75 Å². The number of hydrogen-bond acceptors (Lipinski definition) is 1. The van der Waals surface area contributed by atoms with Crippen LogP contribution in [0.25, 0.3) is 33.4 Å². The molecule has 30 heavy (non-hydrogen) atoms. The first-order chi connectivity index (χ1) is 14.3. The number of benzene rings is 4. The summed E-state index contributed by atoms with van der Waals surface area (Å²) in [7, 11) is 0. The molecule has 0 aliphatic carbocycles. The summed E-state index contributed by atoms with van der Waals surface area (Å²) in [5, 5.41) is 9.29. The van der Waals surface area contributed by atoms with Gasteiger partial charge in [0.1, 0.15) is 34.8 Å². The van der Waals surface area contributed by atoms with Gasteiger partial charge < -0.3 is 5.11 Å². The van der Waals surface area contributed by atoms with Gasteiger partial charge in [-0.3, -0.25) is 0 Å². The Hall–Kier alpha value is -3.67. The lowest BCUT2D eigenvalue weighted by molar-refractivity contribution is 0.469. The molecule has 0 heterocycles. The predicted molar refractivity (Wildman–Crippen MR) is 104 cm³/mol. The van der Waals surface area contributed by atoms with Crippen LogP contribution in [-0.4, -0.2) is 5.11 Å². The summed E-state index contributed by atoms with van der Waals surface area (Å²) in [6.07, 6.45) is 0. The molecule has 0 amide bonds. The SMILES string of the molecule is Oc1ccc(-c2cc(F)c(-c3ccc(-c4ccc(F)cc4)c(F)c3)c(F)c2)c(F)c1. The Morgan fingerprint density at radius 3 is 1.57 bits per heavy atom. The largest absolute Gasteiger partial charge is 0.508 e. The maximum absolute atomic E-state index is 14.7. The first-order valence-corrected chi connectivity index (χ1v) is 8.87. The predicted octanol–water partition coefficient (Wildman–Crippen LogP) is 7.09. The maximum Gasteiger partial charge on any atom is 0.134 e. The van der Waals surface area contributed by atoms with Crippen molar-refractivity contribution in [3.05, 3.63) is 102 Å². The van der Waals surface area contributed by atoms with E-state index in [1.165, 1.54) is 48.5 Å². The van der Waals surface area contributed by atoms with Gasteiger partial charge >= 0.3 is 0 Å². The van der Waals surface area contributed by atoms with E-state index in [0.717, 1.165) is 24.3 Å². The molecule has 0 saturated heterocycles. The number of hydrogen-bond donors (Lipinski definition) is 1. The number of phenols is 1. The van der Waals surface area contributed by atoms with E-state index in [9.17, 15) is 27.1 Å². The average Bonchev–Trinajstić information content (AvgIpc) is 2.68. The molecule has 0 fully saturated rings. The third-order valence-corrected chi connectivity index (χ3v) is 4.72. The fourth-order valence-electron chi connectivity index (χ4n) is 3.28. The van der Waals surface area contributed by atoms with E-state index in [0.29, 0.717) is 5.56 Å². The molecule has 0 bridgehead atoms. The topological polar surface area (TPSA) is 20.2 Å². The van der Waals surface area contributed by atoms with Gasteiger partial charge in [0.2, 0.25) is 0 Å². The molecule has 0 atom stereocenters. The molecule has 0 aliphatic rings. The Morgan fingerprint density at radius 1 is 0.467 bits per heavy atom. The van der Waals surface area contributed by atoms with Crippen molar-refractivity contribution in [1.82, 2.24) is 0 Å². The van der Waals surface area contributed by atoms with Crippen molar-refractivity contribution in [3.8, 4) is 39.1 Å². The van der Waals surface area contributed by atoms with Crippen LogP contribution in [0.2, 0.25) is 0 Å². The molecule has 0 spiro atoms. The first kappa shape index (κ1) is 19.6. The molecule has 0 aliphatic heterocycles. The molecule has 0 saturated carbocycles. The molecular formula is C24H13F5O. The number of aromatic hydroxyl groups is 1. The van der Waals surface area contributed by atoms with E-state index >= 15 is 0 Å². The zero-order chi connectivity index (χ0) is 21.4. The van der Waals surface area contributed by atoms with Crippen molar-refractivity contribution in [1.29, 1.82) is 0 Å². The summed E-state index contributed by atoms with van der Waals surface area (Å²) < 4.78 is 71.1. The highest BCUT2D eigenvalue weighted by Crippen LogP contribution is 2.35. The number of rotatable bonds is 3. The standard InChI is InChI=1S/C24H13F5O/c25-16-4-1-13(2-5-16)18-7-3-14(9-20(18)26)24-22(28)10-15(11-23(24)29)19-8-6-17(30)12-21(19)27/h1-12,30H. The van der Waals surface area contributed by atoms with Crippen molar-refractivity contribution in [2.24, 2.45) is 0 Å². The molecule has 4 aromatic rings. The minimum Gasteiger partial charge on any atom is -0.508 e. The highest BCUT2D eigenvalue weighted by Gasteiger charge is 2.18. The van der Waals surface area contributed by atoms with Crippen molar-refractivity contribution >= 4 is 0 Å². The molecule has 6 heteroatoms. The molecule has 4 aromatic carbocycles.